The molecule has 2 aliphatic rings. The molecular formula is C11H21NO2. The van der Waals surface area contributed by atoms with E-state index in [2.05, 4.69) is 18.7 Å². The van der Waals surface area contributed by atoms with Gasteiger partial charge >= 0.3 is 0 Å². The van der Waals surface area contributed by atoms with Crippen LogP contribution in [0.1, 0.15) is 26.7 Å². The second-order valence-electron chi connectivity index (χ2n) is 4.45. The van der Waals surface area contributed by atoms with E-state index in [4.69, 9.17) is 9.47 Å². The second kappa shape index (κ2) is 4.60. The van der Waals surface area contributed by atoms with Crippen molar-refractivity contribution in [2.24, 2.45) is 0 Å². The zero-order chi connectivity index (χ0) is 9.97. The van der Waals surface area contributed by atoms with Crippen LogP contribution in [-0.4, -0.2) is 49.5 Å². The maximum absolute atomic E-state index is 5.90. The first-order valence-electron chi connectivity index (χ1n) is 5.79. The van der Waals surface area contributed by atoms with E-state index in [1.54, 1.807) is 0 Å². The zero-order valence-electron chi connectivity index (χ0n) is 9.24. The summed E-state index contributed by atoms with van der Waals surface area (Å²) in [5.74, 6) is 0. The third-order valence-corrected chi connectivity index (χ3v) is 3.07. The Labute approximate surface area is 86.4 Å². The number of ether oxygens (including phenoxy) is 2. The molecule has 2 fully saturated rings. The molecule has 0 N–H and O–H groups in total. The molecule has 0 radical (unpaired) electrons. The van der Waals surface area contributed by atoms with Gasteiger partial charge in [-0.25, -0.2) is 0 Å². The smallest absolute Gasteiger partial charge is 0.0968 e. The molecule has 2 rings (SSSR count). The average molecular weight is 199 g/mol. The molecule has 3 atom stereocenters. The molecule has 0 aromatic rings. The molecule has 3 unspecified atom stereocenters. The average Bonchev–Trinajstić information content (AvgIpc) is 2.17. The van der Waals surface area contributed by atoms with E-state index in [9.17, 15) is 0 Å². The van der Waals surface area contributed by atoms with Gasteiger partial charge in [0.1, 0.15) is 0 Å². The summed E-state index contributed by atoms with van der Waals surface area (Å²) in [5.41, 5.74) is 0. The first-order chi connectivity index (χ1) is 6.79. The number of hydrogen-bond acceptors (Lipinski definition) is 3. The third kappa shape index (κ3) is 2.27. The quantitative estimate of drug-likeness (QED) is 0.668. The fraction of sp³-hybridized carbons (Fsp3) is 1.00. The van der Waals surface area contributed by atoms with Crippen LogP contribution in [0.2, 0.25) is 0 Å². The van der Waals surface area contributed by atoms with E-state index in [1.165, 1.54) is 19.5 Å². The summed E-state index contributed by atoms with van der Waals surface area (Å²) in [6.45, 7) is 8.52. The second-order valence-corrected chi connectivity index (χ2v) is 4.45. The van der Waals surface area contributed by atoms with Crippen LogP contribution in [-0.2, 0) is 9.47 Å². The molecule has 0 aromatic heterocycles. The highest BCUT2D eigenvalue weighted by Crippen LogP contribution is 2.22. The van der Waals surface area contributed by atoms with Crippen LogP contribution in [0.5, 0.6) is 0 Å². The minimum absolute atomic E-state index is 0.276. The highest BCUT2D eigenvalue weighted by Gasteiger charge is 2.34. The SMILES string of the molecule is CCCN1CCC2OCC(C)OC2C1. The fourth-order valence-electron chi connectivity index (χ4n) is 2.40. The van der Waals surface area contributed by atoms with E-state index in [0.717, 1.165) is 19.6 Å². The molecule has 0 aliphatic carbocycles. The van der Waals surface area contributed by atoms with Crippen LogP contribution in [0.15, 0.2) is 0 Å². The van der Waals surface area contributed by atoms with Crippen LogP contribution in [0, 0.1) is 0 Å². The van der Waals surface area contributed by atoms with Gasteiger partial charge in [0, 0.05) is 13.1 Å². The van der Waals surface area contributed by atoms with Gasteiger partial charge in [-0.3, -0.25) is 0 Å². The molecule has 3 nitrogen and oxygen atoms in total. The predicted octanol–water partition coefficient (Wildman–Crippen LogP) is 1.27. The van der Waals surface area contributed by atoms with Crippen molar-refractivity contribution in [2.45, 2.75) is 45.0 Å². The summed E-state index contributed by atoms with van der Waals surface area (Å²) in [5, 5.41) is 0. The molecule has 2 heterocycles. The Morgan fingerprint density at radius 2 is 2.21 bits per heavy atom. The molecule has 0 amide bonds. The van der Waals surface area contributed by atoms with Crippen molar-refractivity contribution in [2.75, 3.05) is 26.2 Å². The van der Waals surface area contributed by atoms with Crippen LogP contribution in [0.25, 0.3) is 0 Å². The Bertz CT molecular complexity index is 186. The van der Waals surface area contributed by atoms with Crippen molar-refractivity contribution in [3.05, 3.63) is 0 Å². The number of likely N-dealkylation sites (tertiary alicyclic amines) is 1. The number of nitrogens with zero attached hydrogens (tertiary/aromatic N) is 1. The largest absolute Gasteiger partial charge is 0.373 e. The molecule has 82 valence electrons. The Morgan fingerprint density at radius 3 is 3.00 bits per heavy atom. The van der Waals surface area contributed by atoms with Gasteiger partial charge in [-0.05, 0) is 26.3 Å². The summed E-state index contributed by atoms with van der Waals surface area (Å²) in [6.07, 6.45) is 3.32. The Kier molecular flexibility index (Phi) is 3.42. The highest BCUT2D eigenvalue weighted by molar-refractivity contribution is 4.85. The van der Waals surface area contributed by atoms with E-state index < -0.39 is 0 Å². The molecule has 0 bridgehead atoms. The van der Waals surface area contributed by atoms with Crippen molar-refractivity contribution in [1.82, 2.24) is 4.90 Å². The van der Waals surface area contributed by atoms with Crippen LogP contribution in [0.4, 0.5) is 0 Å². The molecular weight excluding hydrogens is 178 g/mol. The monoisotopic (exact) mass is 199 g/mol. The van der Waals surface area contributed by atoms with Gasteiger partial charge < -0.3 is 14.4 Å². The van der Waals surface area contributed by atoms with E-state index in [1.807, 2.05) is 0 Å². The van der Waals surface area contributed by atoms with Crippen LogP contribution < -0.4 is 0 Å². The summed E-state index contributed by atoms with van der Waals surface area (Å²) in [4.78, 5) is 2.49. The number of hydrogen-bond donors (Lipinski definition) is 0. The molecule has 3 heteroatoms. The number of rotatable bonds is 2. The van der Waals surface area contributed by atoms with E-state index in [0.29, 0.717) is 12.2 Å². The first kappa shape index (κ1) is 10.4. The highest BCUT2D eigenvalue weighted by atomic mass is 16.6. The van der Waals surface area contributed by atoms with Crippen molar-refractivity contribution >= 4 is 0 Å². The summed E-state index contributed by atoms with van der Waals surface area (Å²) in [7, 11) is 0. The van der Waals surface area contributed by atoms with Gasteiger partial charge in [0.15, 0.2) is 0 Å². The molecule has 2 aliphatic heterocycles. The third-order valence-electron chi connectivity index (χ3n) is 3.07. The fourth-order valence-corrected chi connectivity index (χ4v) is 2.40. The topological polar surface area (TPSA) is 21.7 Å². The summed E-state index contributed by atoms with van der Waals surface area (Å²) < 4.78 is 11.7. The summed E-state index contributed by atoms with van der Waals surface area (Å²) >= 11 is 0. The maximum atomic E-state index is 5.90. The van der Waals surface area contributed by atoms with Gasteiger partial charge in [0.25, 0.3) is 0 Å². The van der Waals surface area contributed by atoms with Gasteiger partial charge in [0.05, 0.1) is 24.9 Å². The van der Waals surface area contributed by atoms with Crippen molar-refractivity contribution in [3.63, 3.8) is 0 Å². The minimum Gasteiger partial charge on any atom is -0.373 e. The number of fused-ring (bicyclic) bond motifs is 1. The van der Waals surface area contributed by atoms with Crippen LogP contribution in [0.3, 0.4) is 0 Å². The molecule has 2 saturated heterocycles. The van der Waals surface area contributed by atoms with Crippen molar-refractivity contribution in [3.8, 4) is 0 Å². The van der Waals surface area contributed by atoms with Gasteiger partial charge in [-0.15, -0.1) is 0 Å². The minimum atomic E-state index is 0.276. The zero-order valence-corrected chi connectivity index (χ0v) is 9.24. The molecule has 0 saturated carbocycles. The van der Waals surface area contributed by atoms with Gasteiger partial charge in [0.2, 0.25) is 0 Å². The predicted molar refractivity (Wildman–Crippen MR) is 55.4 cm³/mol. The molecule has 0 aromatic carbocycles. The van der Waals surface area contributed by atoms with Crippen LogP contribution >= 0.6 is 0 Å². The Hall–Kier alpha value is -0.120. The lowest BCUT2D eigenvalue weighted by Crippen LogP contribution is -2.53. The van der Waals surface area contributed by atoms with Crippen molar-refractivity contribution < 1.29 is 9.47 Å². The Morgan fingerprint density at radius 1 is 1.36 bits per heavy atom. The normalized spacial score (nSPS) is 39.4. The molecule has 14 heavy (non-hydrogen) atoms. The van der Waals surface area contributed by atoms with Gasteiger partial charge in [-0.1, -0.05) is 6.92 Å². The lowest BCUT2D eigenvalue weighted by Gasteiger charge is -2.42. The summed E-state index contributed by atoms with van der Waals surface area (Å²) in [6, 6.07) is 0. The molecule has 0 spiro atoms. The van der Waals surface area contributed by atoms with E-state index in [-0.39, 0.29) is 6.10 Å². The lowest BCUT2D eigenvalue weighted by atomic mass is 10.0. The van der Waals surface area contributed by atoms with Crippen molar-refractivity contribution in [1.29, 1.82) is 0 Å². The first-order valence-corrected chi connectivity index (χ1v) is 5.79. The van der Waals surface area contributed by atoms with Gasteiger partial charge in [-0.2, -0.15) is 0 Å². The lowest BCUT2D eigenvalue weighted by molar-refractivity contribution is -0.195. The number of piperidine rings is 1. The van der Waals surface area contributed by atoms with E-state index >= 15 is 0 Å². The maximum Gasteiger partial charge on any atom is 0.0968 e. The standard InChI is InChI=1S/C11H21NO2/c1-3-5-12-6-4-10-11(7-12)14-9(2)8-13-10/h9-11H,3-8H2,1-2H3. The Balaban J connectivity index is 1.86.